The highest BCUT2D eigenvalue weighted by Gasteiger charge is 2.35. The summed E-state index contributed by atoms with van der Waals surface area (Å²) in [6.07, 6.45) is -3.80. The standard InChI is InChI=1S/C19H19ClF3NO5/c1-3-27-9-8-18(2,17(25)26)29-14-6-4-13(5-7-14)28-16-15(20)10-12(11-24-16)19(21,22)23/h4-7,10-11H,3,8-9H2,1-2H3,(H,25,26). The molecule has 1 unspecified atom stereocenters. The molecule has 10 heteroatoms. The van der Waals surface area contributed by atoms with Gasteiger partial charge in [-0.05, 0) is 44.2 Å². The molecule has 0 saturated carbocycles. The van der Waals surface area contributed by atoms with Gasteiger partial charge in [0, 0.05) is 19.2 Å². The Morgan fingerprint density at radius 1 is 1.21 bits per heavy atom. The van der Waals surface area contributed by atoms with Gasteiger partial charge in [0.25, 0.3) is 0 Å². The van der Waals surface area contributed by atoms with Gasteiger partial charge in [-0.3, -0.25) is 0 Å². The number of pyridine rings is 1. The van der Waals surface area contributed by atoms with Crippen molar-refractivity contribution in [2.75, 3.05) is 13.2 Å². The second-order valence-corrected chi connectivity index (χ2v) is 6.57. The van der Waals surface area contributed by atoms with Gasteiger partial charge in [-0.2, -0.15) is 13.2 Å². The Morgan fingerprint density at radius 2 is 1.83 bits per heavy atom. The fourth-order valence-corrected chi connectivity index (χ4v) is 2.42. The molecule has 1 aromatic heterocycles. The van der Waals surface area contributed by atoms with E-state index in [1.54, 1.807) is 6.92 Å². The first-order valence-electron chi connectivity index (χ1n) is 8.56. The number of carboxylic acids is 1. The highest BCUT2D eigenvalue weighted by Crippen LogP contribution is 2.35. The molecule has 1 aromatic carbocycles. The third-order valence-electron chi connectivity index (χ3n) is 3.90. The molecule has 1 heterocycles. The molecule has 0 radical (unpaired) electrons. The van der Waals surface area contributed by atoms with Crippen molar-refractivity contribution in [2.24, 2.45) is 0 Å². The number of ether oxygens (including phenoxy) is 3. The Kier molecular flexibility index (Phi) is 7.32. The Hall–Kier alpha value is -2.52. The zero-order valence-electron chi connectivity index (χ0n) is 15.6. The van der Waals surface area contributed by atoms with E-state index >= 15 is 0 Å². The summed E-state index contributed by atoms with van der Waals surface area (Å²) < 4.78 is 54.1. The van der Waals surface area contributed by atoms with Gasteiger partial charge in [0.2, 0.25) is 11.5 Å². The van der Waals surface area contributed by atoms with Gasteiger partial charge in [0.1, 0.15) is 16.5 Å². The zero-order valence-corrected chi connectivity index (χ0v) is 16.4. The van der Waals surface area contributed by atoms with Crippen LogP contribution in [0, 0.1) is 0 Å². The second kappa shape index (κ2) is 9.32. The van der Waals surface area contributed by atoms with Gasteiger partial charge in [-0.25, -0.2) is 9.78 Å². The van der Waals surface area contributed by atoms with Gasteiger partial charge >= 0.3 is 12.1 Å². The molecule has 0 aliphatic carbocycles. The average Bonchev–Trinajstić information content (AvgIpc) is 2.64. The lowest BCUT2D eigenvalue weighted by Gasteiger charge is -2.26. The fraction of sp³-hybridized carbons (Fsp3) is 0.368. The third kappa shape index (κ3) is 6.23. The maximum absolute atomic E-state index is 12.7. The van der Waals surface area contributed by atoms with Crippen LogP contribution in [0.3, 0.4) is 0 Å². The topological polar surface area (TPSA) is 77.9 Å². The Labute approximate surface area is 170 Å². The molecule has 0 amide bonds. The van der Waals surface area contributed by atoms with E-state index in [2.05, 4.69) is 4.98 Å². The largest absolute Gasteiger partial charge is 0.478 e. The zero-order chi connectivity index (χ0) is 21.7. The lowest BCUT2D eigenvalue weighted by molar-refractivity contribution is -0.155. The van der Waals surface area contributed by atoms with Crippen LogP contribution in [0.1, 0.15) is 25.8 Å². The van der Waals surface area contributed by atoms with E-state index in [-0.39, 0.29) is 35.4 Å². The third-order valence-corrected chi connectivity index (χ3v) is 4.17. The van der Waals surface area contributed by atoms with Gasteiger partial charge in [-0.1, -0.05) is 11.6 Å². The summed E-state index contributed by atoms with van der Waals surface area (Å²) in [6.45, 7) is 3.92. The number of halogens is 4. The van der Waals surface area contributed by atoms with Crippen LogP contribution in [-0.4, -0.2) is 34.9 Å². The van der Waals surface area contributed by atoms with Crippen LogP contribution >= 0.6 is 11.6 Å². The summed E-state index contributed by atoms with van der Waals surface area (Å²) >= 11 is 5.81. The highest BCUT2D eigenvalue weighted by atomic mass is 35.5. The number of carboxylic acid groups (broad SMARTS) is 1. The molecule has 0 aliphatic heterocycles. The minimum absolute atomic E-state index is 0.138. The molecule has 2 rings (SSSR count). The van der Waals surface area contributed by atoms with E-state index in [0.29, 0.717) is 12.8 Å². The van der Waals surface area contributed by atoms with Crippen molar-refractivity contribution in [3.05, 3.63) is 47.1 Å². The first-order chi connectivity index (χ1) is 13.5. The first kappa shape index (κ1) is 22.8. The normalized spacial score (nSPS) is 13.6. The van der Waals surface area contributed by atoms with Crippen molar-refractivity contribution in [2.45, 2.75) is 32.0 Å². The fourth-order valence-electron chi connectivity index (χ4n) is 2.22. The van der Waals surface area contributed by atoms with Crippen LogP contribution in [0.15, 0.2) is 36.5 Å². The molecule has 2 aromatic rings. The van der Waals surface area contributed by atoms with Crippen molar-refractivity contribution in [3.63, 3.8) is 0 Å². The monoisotopic (exact) mass is 433 g/mol. The van der Waals surface area contributed by atoms with E-state index in [1.165, 1.54) is 31.2 Å². The summed E-state index contributed by atoms with van der Waals surface area (Å²) in [7, 11) is 0. The van der Waals surface area contributed by atoms with E-state index in [1.807, 2.05) is 0 Å². The van der Waals surface area contributed by atoms with Crippen LogP contribution in [0.5, 0.6) is 17.4 Å². The van der Waals surface area contributed by atoms with Crippen LogP contribution in [0.4, 0.5) is 13.2 Å². The van der Waals surface area contributed by atoms with Crippen LogP contribution in [0.25, 0.3) is 0 Å². The summed E-state index contributed by atoms with van der Waals surface area (Å²) in [5.41, 5.74) is -2.48. The van der Waals surface area contributed by atoms with Gasteiger partial charge in [-0.15, -0.1) is 0 Å². The average molecular weight is 434 g/mol. The number of nitrogens with zero attached hydrogens (tertiary/aromatic N) is 1. The minimum atomic E-state index is -4.56. The molecule has 1 atom stereocenters. The summed E-state index contributed by atoms with van der Waals surface area (Å²) in [5, 5.41) is 9.15. The van der Waals surface area contributed by atoms with Crippen molar-refractivity contribution in [3.8, 4) is 17.4 Å². The smallest absolute Gasteiger partial charge is 0.417 e. The molecular weight excluding hydrogens is 415 g/mol. The predicted octanol–water partition coefficient (Wildman–Crippen LogP) is 5.19. The number of hydrogen-bond donors (Lipinski definition) is 1. The molecule has 0 spiro atoms. The number of aromatic nitrogens is 1. The van der Waals surface area contributed by atoms with Crippen molar-refractivity contribution in [1.29, 1.82) is 0 Å². The number of alkyl halides is 3. The number of hydrogen-bond acceptors (Lipinski definition) is 5. The maximum atomic E-state index is 12.7. The maximum Gasteiger partial charge on any atom is 0.417 e. The van der Waals surface area contributed by atoms with Crippen LogP contribution in [-0.2, 0) is 15.7 Å². The molecule has 6 nitrogen and oxygen atoms in total. The number of benzene rings is 1. The molecular formula is C19H19ClF3NO5. The number of rotatable bonds is 9. The van der Waals surface area contributed by atoms with Gasteiger partial charge in [0.15, 0.2) is 0 Å². The Morgan fingerprint density at radius 3 is 2.34 bits per heavy atom. The minimum Gasteiger partial charge on any atom is -0.478 e. The Bertz CT molecular complexity index is 845. The molecule has 0 bridgehead atoms. The lowest BCUT2D eigenvalue weighted by atomic mass is 10.0. The van der Waals surface area contributed by atoms with E-state index < -0.39 is 23.3 Å². The van der Waals surface area contributed by atoms with Gasteiger partial charge in [0.05, 0.1) is 12.2 Å². The van der Waals surface area contributed by atoms with Gasteiger partial charge < -0.3 is 19.3 Å². The first-order valence-corrected chi connectivity index (χ1v) is 8.94. The van der Waals surface area contributed by atoms with Crippen LogP contribution < -0.4 is 9.47 Å². The van der Waals surface area contributed by atoms with Crippen molar-refractivity contribution >= 4 is 17.6 Å². The SMILES string of the molecule is CCOCCC(C)(Oc1ccc(Oc2ncc(C(F)(F)F)cc2Cl)cc1)C(=O)O. The Balaban J connectivity index is 2.09. The van der Waals surface area contributed by atoms with E-state index in [4.69, 9.17) is 25.8 Å². The molecule has 1 N–H and O–H groups in total. The molecule has 0 saturated heterocycles. The predicted molar refractivity (Wildman–Crippen MR) is 98.5 cm³/mol. The summed E-state index contributed by atoms with van der Waals surface area (Å²) in [4.78, 5) is 15.1. The number of aliphatic carboxylic acids is 1. The highest BCUT2D eigenvalue weighted by molar-refractivity contribution is 6.31. The van der Waals surface area contributed by atoms with Crippen molar-refractivity contribution in [1.82, 2.24) is 4.98 Å². The molecule has 0 aliphatic rings. The number of carbonyl (C=O) groups is 1. The second-order valence-electron chi connectivity index (χ2n) is 6.17. The molecule has 0 fully saturated rings. The molecule has 158 valence electrons. The van der Waals surface area contributed by atoms with E-state index in [0.717, 1.165) is 6.07 Å². The summed E-state index contributed by atoms with van der Waals surface area (Å²) in [5.74, 6) is -0.832. The quantitative estimate of drug-likeness (QED) is 0.548. The lowest BCUT2D eigenvalue weighted by Crippen LogP contribution is -2.42. The van der Waals surface area contributed by atoms with E-state index in [9.17, 15) is 23.1 Å². The summed E-state index contributed by atoms with van der Waals surface area (Å²) in [6, 6.07) is 6.56. The van der Waals surface area contributed by atoms with Crippen molar-refractivity contribution < 1.29 is 37.3 Å². The van der Waals surface area contributed by atoms with Crippen LogP contribution in [0.2, 0.25) is 5.02 Å². The molecule has 29 heavy (non-hydrogen) atoms.